The first-order chi connectivity index (χ1) is 5.12. The second kappa shape index (κ2) is 5.86. The summed E-state index contributed by atoms with van der Waals surface area (Å²) in [6.07, 6.45) is 1.02. The highest BCUT2D eigenvalue weighted by atomic mass is 32.1. The molecule has 0 amide bonds. The van der Waals surface area contributed by atoms with Crippen LogP contribution in [0.1, 0.15) is 27.2 Å². The van der Waals surface area contributed by atoms with Crippen molar-refractivity contribution in [1.29, 1.82) is 0 Å². The van der Waals surface area contributed by atoms with Gasteiger partial charge in [-0.1, -0.05) is 6.92 Å². The molecular formula is C8H18O2S. The Morgan fingerprint density at radius 1 is 1.18 bits per heavy atom. The van der Waals surface area contributed by atoms with Crippen molar-refractivity contribution in [3.8, 4) is 0 Å². The van der Waals surface area contributed by atoms with Crippen LogP contribution >= 0.6 is 12.6 Å². The molecule has 0 aromatic rings. The number of ether oxygens (including phenoxy) is 2. The Morgan fingerprint density at radius 3 is 2.18 bits per heavy atom. The second-order valence-electron chi connectivity index (χ2n) is 2.82. The van der Waals surface area contributed by atoms with Gasteiger partial charge in [0.05, 0.1) is 6.61 Å². The molecule has 0 heterocycles. The van der Waals surface area contributed by atoms with Crippen molar-refractivity contribution in [2.24, 2.45) is 0 Å². The Bertz CT molecular complexity index is 84.1. The lowest BCUT2D eigenvalue weighted by Gasteiger charge is -2.25. The fourth-order valence-corrected chi connectivity index (χ4v) is 0.772. The van der Waals surface area contributed by atoms with Crippen molar-refractivity contribution in [2.75, 3.05) is 19.0 Å². The van der Waals surface area contributed by atoms with Gasteiger partial charge < -0.3 is 9.47 Å². The van der Waals surface area contributed by atoms with Crippen molar-refractivity contribution >= 4 is 12.6 Å². The van der Waals surface area contributed by atoms with Gasteiger partial charge >= 0.3 is 0 Å². The predicted octanol–water partition coefficient (Wildman–Crippen LogP) is 2.10. The zero-order chi connectivity index (χ0) is 8.74. The van der Waals surface area contributed by atoms with Gasteiger partial charge in [-0.3, -0.25) is 0 Å². The van der Waals surface area contributed by atoms with E-state index in [-0.39, 0.29) is 0 Å². The van der Waals surface area contributed by atoms with Crippen molar-refractivity contribution in [3.05, 3.63) is 0 Å². The Morgan fingerprint density at radius 2 is 1.73 bits per heavy atom. The molecule has 0 aromatic heterocycles. The molecule has 3 heteroatoms. The van der Waals surface area contributed by atoms with Crippen LogP contribution in [0.2, 0.25) is 0 Å². The van der Waals surface area contributed by atoms with Gasteiger partial charge in [-0.2, -0.15) is 12.6 Å². The van der Waals surface area contributed by atoms with E-state index in [0.29, 0.717) is 6.61 Å². The van der Waals surface area contributed by atoms with Crippen LogP contribution < -0.4 is 0 Å². The lowest BCUT2D eigenvalue weighted by Crippen LogP contribution is -2.29. The maximum absolute atomic E-state index is 5.42. The molecule has 0 N–H and O–H groups in total. The van der Waals surface area contributed by atoms with E-state index in [0.717, 1.165) is 18.8 Å². The highest BCUT2D eigenvalue weighted by Gasteiger charge is 2.17. The SMILES string of the molecule is CCCOC(C)(C)OCCS. The summed E-state index contributed by atoms with van der Waals surface area (Å²) in [6.45, 7) is 7.31. The lowest BCUT2D eigenvalue weighted by atomic mass is 10.4. The van der Waals surface area contributed by atoms with Crippen LogP contribution in [0.25, 0.3) is 0 Å². The van der Waals surface area contributed by atoms with Crippen LogP contribution in [0, 0.1) is 0 Å². The van der Waals surface area contributed by atoms with E-state index in [4.69, 9.17) is 9.47 Å². The average Bonchev–Trinajstić information content (AvgIpc) is 1.97. The molecule has 0 rings (SSSR count). The molecule has 0 spiro atoms. The van der Waals surface area contributed by atoms with Crippen LogP contribution in [-0.4, -0.2) is 24.8 Å². The lowest BCUT2D eigenvalue weighted by molar-refractivity contribution is -0.209. The normalized spacial score (nSPS) is 12.0. The van der Waals surface area contributed by atoms with Gasteiger partial charge in [-0.15, -0.1) is 0 Å². The van der Waals surface area contributed by atoms with Gasteiger partial charge in [0.1, 0.15) is 0 Å². The summed E-state index contributed by atoms with van der Waals surface area (Å²) in [7, 11) is 0. The third-order valence-corrected chi connectivity index (χ3v) is 1.38. The van der Waals surface area contributed by atoms with Gasteiger partial charge in [-0.25, -0.2) is 0 Å². The fraction of sp³-hybridized carbons (Fsp3) is 1.00. The standard InChI is InChI=1S/C8H18O2S/c1-4-5-9-8(2,3)10-6-7-11/h11H,4-7H2,1-3H3. The quantitative estimate of drug-likeness (QED) is 0.496. The Balaban J connectivity index is 3.43. The minimum absolute atomic E-state index is 0.446. The summed E-state index contributed by atoms with van der Waals surface area (Å²) in [5, 5.41) is 0. The molecule has 0 radical (unpaired) electrons. The average molecular weight is 178 g/mol. The Hall–Kier alpha value is 0.270. The van der Waals surface area contributed by atoms with Crippen LogP contribution in [0.15, 0.2) is 0 Å². The first-order valence-corrected chi connectivity index (χ1v) is 4.64. The molecule has 0 aliphatic carbocycles. The van der Waals surface area contributed by atoms with Crippen molar-refractivity contribution in [2.45, 2.75) is 33.0 Å². The van der Waals surface area contributed by atoms with Gasteiger partial charge in [0.15, 0.2) is 5.79 Å². The third kappa shape index (κ3) is 6.66. The van der Waals surface area contributed by atoms with Gasteiger partial charge in [0.25, 0.3) is 0 Å². The monoisotopic (exact) mass is 178 g/mol. The molecular weight excluding hydrogens is 160 g/mol. The van der Waals surface area contributed by atoms with E-state index in [1.54, 1.807) is 0 Å². The smallest absolute Gasteiger partial charge is 0.162 e. The Labute approximate surface area is 74.7 Å². The summed E-state index contributed by atoms with van der Waals surface area (Å²) < 4.78 is 10.8. The van der Waals surface area contributed by atoms with E-state index in [1.165, 1.54) is 0 Å². The number of thiol groups is 1. The predicted molar refractivity (Wildman–Crippen MR) is 50.1 cm³/mol. The fourth-order valence-electron chi connectivity index (χ4n) is 0.681. The summed E-state index contributed by atoms with van der Waals surface area (Å²) in [5.74, 6) is 0.289. The molecule has 0 unspecified atom stereocenters. The van der Waals surface area contributed by atoms with E-state index in [1.807, 2.05) is 13.8 Å². The molecule has 0 saturated heterocycles. The molecule has 0 fully saturated rings. The van der Waals surface area contributed by atoms with Crippen molar-refractivity contribution < 1.29 is 9.47 Å². The van der Waals surface area contributed by atoms with E-state index < -0.39 is 5.79 Å². The maximum Gasteiger partial charge on any atom is 0.162 e. The molecule has 0 aliphatic rings. The number of hydrogen-bond acceptors (Lipinski definition) is 3. The van der Waals surface area contributed by atoms with Gasteiger partial charge in [-0.05, 0) is 20.3 Å². The minimum atomic E-state index is -0.446. The maximum atomic E-state index is 5.42. The molecule has 2 nitrogen and oxygen atoms in total. The van der Waals surface area contributed by atoms with Crippen LogP contribution in [0.5, 0.6) is 0 Å². The molecule has 0 aliphatic heterocycles. The molecule has 0 saturated carbocycles. The zero-order valence-electron chi connectivity index (χ0n) is 7.59. The van der Waals surface area contributed by atoms with Crippen LogP contribution in [0.3, 0.4) is 0 Å². The zero-order valence-corrected chi connectivity index (χ0v) is 8.49. The number of rotatable bonds is 6. The van der Waals surface area contributed by atoms with Crippen molar-refractivity contribution in [1.82, 2.24) is 0 Å². The summed E-state index contributed by atoms with van der Waals surface area (Å²) in [4.78, 5) is 0. The highest BCUT2D eigenvalue weighted by Crippen LogP contribution is 2.10. The van der Waals surface area contributed by atoms with Crippen molar-refractivity contribution in [3.63, 3.8) is 0 Å². The van der Waals surface area contributed by atoms with Gasteiger partial charge in [0, 0.05) is 12.4 Å². The van der Waals surface area contributed by atoms with Gasteiger partial charge in [0.2, 0.25) is 0 Å². The largest absolute Gasteiger partial charge is 0.351 e. The summed E-state index contributed by atoms with van der Waals surface area (Å²) >= 11 is 4.04. The Kier molecular flexibility index (Phi) is 6.01. The molecule has 0 bridgehead atoms. The summed E-state index contributed by atoms with van der Waals surface area (Å²) in [6, 6.07) is 0. The molecule has 11 heavy (non-hydrogen) atoms. The highest BCUT2D eigenvalue weighted by molar-refractivity contribution is 7.80. The number of hydrogen-bond donors (Lipinski definition) is 1. The van der Waals surface area contributed by atoms with E-state index in [2.05, 4.69) is 19.6 Å². The topological polar surface area (TPSA) is 18.5 Å². The minimum Gasteiger partial charge on any atom is -0.351 e. The second-order valence-corrected chi connectivity index (χ2v) is 3.27. The molecule has 0 aromatic carbocycles. The molecule has 68 valence electrons. The summed E-state index contributed by atoms with van der Waals surface area (Å²) in [5.41, 5.74) is 0. The third-order valence-electron chi connectivity index (χ3n) is 1.19. The first-order valence-electron chi connectivity index (χ1n) is 4.01. The van der Waals surface area contributed by atoms with Crippen LogP contribution in [-0.2, 0) is 9.47 Å². The van der Waals surface area contributed by atoms with E-state index >= 15 is 0 Å². The molecule has 0 atom stereocenters. The van der Waals surface area contributed by atoms with E-state index in [9.17, 15) is 0 Å². The first kappa shape index (κ1) is 11.3. The van der Waals surface area contributed by atoms with Crippen LogP contribution in [0.4, 0.5) is 0 Å².